The largest absolute Gasteiger partial charge is 0.490 e. The SMILES string of the molecule is C=CCOc1ccc2c(c1)C1C(CCCCO)C(CCCCO)C=C3C(=NOCc4ccccc4)CC(N(CCC)S(=O)(=O)c4ccc(NC(C)=O)cc4)C(OCC=C)(O2)C31. The van der Waals surface area contributed by atoms with E-state index in [1.165, 1.54) is 23.4 Å². The molecule has 2 aliphatic carbocycles. The minimum Gasteiger partial charge on any atom is -0.490 e. The lowest BCUT2D eigenvalue weighted by Gasteiger charge is -2.59. The smallest absolute Gasteiger partial charge is 0.243 e. The summed E-state index contributed by atoms with van der Waals surface area (Å²) in [7, 11) is -4.24. The third kappa shape index (κ3) is 10.3. The second kappa shape index (κ2) is 21.3. The molecule has 1 saturated carbocycles. The molecule has 3 N–H and O–H groups in total. The molecule has 1 amide bonds. The van der Waals surface area contributed by atoms with Crippen molar-refractivity contribution in [2.75, 3.05) is 38.3 Å². The molecule has 61 heavy (non-hydrogen) atoms. The van der Waals surface area contributed by atoms with Gasteiger partial charge < -0.3 is 34.6 Å². The number of carbonyl (C=O) groups excluding carboxylic acids is 1. The second-order valence-corrected chi connectivity index (χ2v) is 17.8. The van der Waals surface area contributed by atoms with Crippen LogP contribution in [0.15, 0.2) is 120 Å². The number of fused-ring (bicyclic) bond motifs is 2. The Morgan fingerprint density at radius 2 is 1.70 bits per heavy atom. The molecule has 6 unspecified atom stereocenters. The molecule has 3 aromatic carbocycles. The van der Waals surface area contributed by atoms with Gasteiger partial charge >= 0.3 is 0 Å². The van der Waals surface area contributed by atoms with Gasteiger partial charge in [-0.05, 0) is 97.5 Å². The van der Waals surface area contributed by atoms with Crippen LogP contribution in [0.5, 0.6) is 11.5 Å². The van der Waals surface area contributed by atoms with Crippen LogP contribution < -0.4 is 14.8 Å². The molecule has 328 valence electrons. The normalized spacial score (nSPS) is 23.6. The van der Waals surface area contributed by atoms with E-state index < -0.39 is 27.8 Å². The molecule has 0 aromatic heterocycles. The van der Waals surface area contributed by atoms with E-state index in [2.05, 4.69) is 24.6 Å². The fraction of sp³-hybridized carbons (Fsp3) is 0.458. The molecule has 0 spiro atoms. The van der Waals surface area contributed by atoms with Gasteiger partial charge in [0.05, 0.1) is 29.2 Å². The van der Waals surface area contributed by atoms with Gasteiger partial charge in [0.2, 0.25) is 21.7 Å². The molecular formula is C48H61N3O9S. The van der Waals surface area contributed by atoms with Crippen LogP contribution >= 0.6 is 0 Å². The number of nitrogens with zero attached hydrogens (tertiary/aromatic N) is 2. The lowest BCUT2D eigenvalue weighted by atomic mass is 9.55. The van der Waals surface area contributed by atoms with Gasteiger partial charge in [-0.3, -0.25) is 4.79 Å². The van der Waals surface area contributed by atoms with Crippen LogP contribution in [-0.2, 0) is 31.0 Å². The van der Waals surface area contributed by atoms with E-state index in [0.717, 1.165) is 42.4 Å². The van der Waals surface area contributed by atoms with E-state index in [0.29, 0.717) is 48.8 Å². The highest BCUT2D eigenvalue weighted by Crippen LogP contribution is 2.62. The summed E-state index contributed by atoms with van der Waals surface area (Å²) in [5.41, 5.74) is 3.82. The molecular weight excluding hydrogens is 795 g/mol. The van der Waals surface area contributed by atoms with E-state index in [1.54, 1.807) is 24.3 Å². The van der Waals surface area contributed by atoms with Crippen molar-refractivity contribution in [2.45, 2.75) is 94.5 Å². The molecule has 0 bridgehead atoms. The number of benzene rings is 3. The van der Waals surface area contributed by atoms with Crippen LogP contribution in [-0.4, -0.2) is 79.4 Å². The van der Waals surface area contributed by atoms with E-state index in [-0.39, 0.29) is 67.9 Å². The number of rotatable bonds is 23. The first-order valence-corrected chi connectivity index (χ1v) is 22.9. The predicted octanol–water partition coefficient (Wildman–Crippen LogP) is 8.14. The molecule has 0 saturated heterocycles. The summed E-state index contributed by atoms with van der Waals surface area (Å²) < 4.78 is 52.3. The summed E-state index contributed by atoms with van der Waals surface area (Å²) >= 11 is 0. The summed E-state index contributed by atoms with van der Waals surface area (Å²) in [6.07, 6.45) is 10.6. The van der Waals surface area contributed by atoms with Crippen molar-refractivity contribution in [3.63, 3.8) is 0 Å². The summed E-state index contributed by atoms with van der Waals surface area (Å²) in [6.45, 7) is 12.1. The first-order chi connectivity index (χ1) is 29.6. The molecule has 6 atom stereocenters. The van der Waals surface area contributed by atoms with Crippen LogP contribution in [0.1, 0.15) is 82.3 Å². The van der Waals surface area contributed by atoms with Crippen molar-refractivity contribution in [3.05, 3.63) is 121 Å². The third-order valence-corrected chi connectivity index (χ3v) is 13.8. The Kier molecular flexibility index (Phi) is 16.0. The Morgan fingerprint density at radius 1 is 0.984 bits per heavy atom. The quantitative estimate of drug-likeness (QED) is 0.0487. The molecule has 12 nitrogen and oxygen atoms in total. The highest BCUT2D eigenvalue weighted by atomic mass is 32.2. The number of hydrogen-bond donors (Lipinski definition) is 3. The van der Waals surface area contributed by atoms with E-state index in [4.69, 9.17) is 24.2 Å². The predicted molar refractivity (Wildman–Crippen MR) is 237 cm³/mol. The summed E-state index contributed by atoms with van der Waals surface area (Å²) in [5.74, 6) is -1.42. The number of sulfonamides is 1. The lowest BCUT2D eigenvalue weighted by Crippen LogP contribution is -2.70. The standard InChI is InChI=1S/C48H61N3O9S/c1-5-25-51(61(55,56)39-22-19-37(20-23-39)49-34(4)54)45-32-43(50-59-33-35-15-9-8-10-16-35)41-30-36(17-11-13-26-52)40(18-12-14-27-53)46-42-31-38(57-28-6-2)21-24-44(42)60-48(45,47(41)46)58-29-7-3/h6-10,15-16,19-24,30-31,36,40,45-47,52-53H,2-3,5,11-14,17-18,25-29,32-33H2,1,4H3,(H,49,54). The highest BCUT2D eigenvalue weighted by molar-refractivity contribution is 7.89. The van der Waals surface area contributed by atoms with E-state index in [9.17, 15) is 15.0 Å². The second-order valence-electron chi connectivity index (χ2n) is 16.0. The van der Waals surface area contributed by atoms with Crippen LogP contribution in [0, 0.1) is 17.8 Å². The summed E-state index contributed by atoms with van der Waals surface area (Å²) in [6, 6.07) is 20.7. The number of amides is 1. The molecule has 1 heterocycles. The Morgan fingerprint density at radius 3 is 2.38 bits per heavy atom. The van der Waals surface area contributed by atoms with Crippen molar-refractivity contribution in [3.8, 4) is 11.5 Å². The number of carbonyl (C=O) groups is 1. The van der Waals surface area contributed by atoms with Crippen LogP contribution in [0.2, 0.25) is 0 Å². The number of hydrogen-bond acceptors (Lipinski definition) is 10. The maximum absolute atomic E-state index is 15.2. The number of oxime groups is 1. The van der Waals surface area contributed by atoms with Gasteiger partial charge in [-0.15, -0.1) is 6.58 Å². The Hall–Kier alpha value is -4.79. The van der Waals surface area contributed by atoms with Gasteiger partial charge in [-0.2, -0.15) is 4.31 Å². The number of anilines is 1. The van der Waals surface area contributed by atoms with Crippen molar-refractivity contribution in [2.24, 2.45) is 22.9 Å². The number of allylic oxidation sites excluding steroid dienone is 1. The number of unbranched alkanes of at least 4 members (excludes halogenated alkanes) is 2. The number of ether oxygens (including phenoxy) is 3. The third-order valence-electron chi connectivity index (χ3n) is 11.8. The van der Waals surface area contributed by atoms with E-state index >= 15 is 8.42 Å². The van der Waals surface area contributed by atoms with Gasteiger partial charge in [0.15, 0.2) is 0 Å². The Labute approximate surface area is 361 Å². The molecule has 3 aromatic rings. The topological polar surface area (TPSA) is 156 Å². The first-order valence-electron chi connectivity index (χ1n) is 21.5. The molecule has 13 heteroatoms. The Balaban J connectivity index is 1.60. The number of aliphatic hydroxyl groups is 2. The number of nitrogens with one attached hydrogen (secondary N) is 1. The fourth-order valence-electron chi connectivity index (χ4n) is 9.34. The minimum atomic E-state index is -4.24. The van der Waals surface area contributed by atoms with Gasteiger partial charge in [0.1, 0.15) is 24.7 Å². The zero-order chi connectivity index (χ0) is 43.4. The van der Waals surface area contributed by atoms with Crippen molar-refractivity contribution in [1.82, 2.24) is 4.31 Å². The summed E-state index contributed by atoms with van der Waals surface area (Å²) in [4.78, 5) is 18.1. The zero-order valence-electron chi connectivity index (χ0n) is 35.4. The molecule has 6 rings (SSSR count). The highest BCUT2D eigenvalue weighted by Gasteiger charge is 2.66. The lowest BCUT2D eigenvalue weighted by molar-refractivity contribution is -0.251. The molecule has 3 aliphatic rings. The van der Waals surface area contributed by atoms with Crippen molar-refractivity contribution in [1.29, 1.82) is 0 Å². The average Bonchev–Trinajstić information content (AvgIpc) is 3.26. The van der Waals surface area contributed by atoms with E-state index in [1.807, 2.05) is 55.5 Å². The van der Waals surface area contributed by atoms with Gasteiger partial charge in [0, 0.05) is 50.3 Å². The molecule has 1 fully saturated rings. The fourth-order valence-corrected chi connectivity index (χ4v) is 11.1. The Bertz CT molecular complexity index is 2120. The maximum atomic E-state index is 15.2. The van der Waals surface area contributed by atoms with Crippen LogP contribution in [0.3, 0.4) is 0 Å². The van der Waals surface area contributed by atoms with Crippen LogP contribution in [0.25, 0.3) is 0 Å². The average molecular weight is 856 g/mol. The van der Waals surface area contributed by atoms with Crippen LogP contribution in [0.4, 0.5) is 5.69 Å². The van der Waals surface area contributed by atoms with Gasteiger partial charge in [-0.1, -0.05) is 80.1 Å². The van der Waals surface area contributed by atoms with Gasteiger partial charge in [0.25, 0.3) is 0 Å². The minimum absolute atomic E-state index is 0.00536. The number of aliphatic hydroxyl groups excluding tert-OH is 2. The molecule has 0 radical (unpaired) electrons. The first kappa shape index (κ1) is 45.7. The maximum Gasteiger partial charge on any atom is 0.243 e. The van der Waals surface area contributed by atoms with Crippen molar-refractivity contribution < 1.29 is 42.5 Å². The van der Waals surface area contributed by atoms with Gasteiger partial charge in [-0.25, -0.2) is 8.42 Å². The monoisotopic (exact) mass is 855 g/mol. The zero-order valence-corrected chi connectivity index (χ0v) is 36.2. The molecule has 1 aliphatic heterocycles. The van der Waals surface area contributed by atoms with Crippen molar-refractivity contribution >= 4 is 27.3 Å². The summed E-state index contributed by atoms with van der Waals surface area (Å²) in [5, 5.41) is 27.4.